The van der Waals surface area contributed by atoms with Gasteiger partial charge in [-0.3, -0.25) is 0 Å². The van der Waals surface area contributed by atoms with Crippen molar-refractivity contribution in [1.29, 1.82) is 0 Å². The van der Waals surface area contributed by atoms with Gasteiger partial charge >= 0.3 is 0 Å². The summed E-state index contributed by atoms with van der Waals surface area (Å²) in [7, 11) is 0. The highest BCUT2D eigenvalue weighted by molar-refractivity contribution is 5.47. The molecule has 0 radical (unpaired) electrons. The van der Waals surface area contributed by atoms with Gasteiger partial charge in [-0.25, -0.2) is 9.97 Å². The third kappa shape index (κ3) is 3.79. The Labute approximate surface area is 123 Å². The van der Waals surface area contributed by atoms with E-state index in [1.807, 2.05) is 54.6 Å². The third-order valence-corrected chi connectivity index (χ3v) is 2.90. The van der Waals surface area contributed by atoms with E-state index in [0.717, 1.165) is 23.0 Å². The van der Waals surface area contributed by atoms with Crippen molar-refractivity contribution in [2.75, 3.05) is 5.32 Å². The summed E-state index contributed by atoms with van der Waals surface area (Å²) in [5.41, 5.74) is 1.00. The first-order chi connectivity index (χ1) is 10.4. The highest BCUT2D eigenvalue weighted by atomic mass is 16.5. The fourth-order valence-electron chi connectivity index (χ4n) is 1.87. The van der Waals surface area contributed by atoms with Crippen molar-refractivity contribution in [2.45, 2.75) is 6.54 Å². The molecule has 3 rings (SSSR count). The first kappa shape index (κ1) is 13.1. The predicted octanol–water partition coefficient (Wildman–Crippen LogP) is 3.88. The molecule has 104 valence electrons. The van der Waals surface area contributed by atoms with E-state index in [1.165, 1.54) is 0 Å². The fourth-order valence-corrected chi connectivity index (χ4v) is 1.87. The van der Waals surface area contributed by atoms with Gasteiger partial charge in [0.15, 0.2) is 0 Å². The van der Waals surface area contributed by atoms with Crippen LogP contribution in [0.3, 0.4) is 0 Å². The Kier molecular flexibility index (Phi) is 4.07. The van der Waals surface area contributed by atoms with Crippen LogP contribution in [0.1, 0.15) is 5.82 Å². The third-order valence-electron chi connectivity index (χ3n) is 2.90. The molecule has 0 saturated heterocycles. The summed E-state index contributed by atoms with van der Waals surface area (Å²) in [6.45, 7) is 0.597. The predicted molar refractivity (Wildman–Crippen MR) is 82.3 cm³/mol. The van der Waals surface area contributed by atoms with Crippen LogP contribution in [0, 0.1) is 0 Å². The van der Waals surface area contributed by atoms with E-state index in [4.69, 9.17) is 4.74 Å². The summed E-state index contributed by atoms with van der Waals surface area (Å²) >= 11 is 0. The first-order valence-electron chi connectivity index (χ1n) is 6.73. The number of aromatic nitrogens is 2. The molecule has 0 aliphatic heterocycles. The topological polar surface area (TPSA) is 47.0 Å². The van der Waals surface area contributed by atoms with Crippen molar-refractivity contribution in [1.82, 2.24) is 9.97 Å². The summed E-state index contributed by atoms with van der Waals surface area (Å²) in [5, 5.41) is 3.27. The van der Waals surface area contributed by atoms with Gasteiger partial charge < -0.3 is 10.1 Å². The molecule has 1 aromatic heterocycles. The molecule has 4 nitrogen and oxygen atoms in total. The van der Waals surface area contributed by atoms with Crippen molar-refractivity contribution in [3.8, 4) is 11.5 Å². The Bertz CT molecular complexity index is 669. The van der Waals surface area contributed by atoms with Gasteiger partial charge in [0.2, 0.25) is 0 Å². The molecular weight excluding hydrogens is 262 g/mol. The number of para-hydroxylation sites is 1. The number of hydrogen-bond donors (Lipinski definition) is 1. The summed E-state index contributed by atoms with van der Waals surface area (Å²) in [5.74, 6) is 2.40. The Hall–Kier alpha value is -2.88. The summed E-state index contributed by atoms with van der Waals surface area (Å²) in [4.78, 5) is 8.34. The normalized spacial score (nSPS) is 10.1. The highest BCUT2D eigenvalue weighted by Gasteiger charge is 1.98. The van der Waals surface area contributed by atoms with Crippen molar-refractivity contribution in [3.63, 3.8) is 0 Å². The number of rotatable bonds is 5. The number of hydrogen-bond acceptors (Lipinski definition) is 4. The lowest BCUT2D eigenvalue weighted by atomic mass is 10.3. The maximum atomic E-state index is 5.74. The quantitative estimate of drug-likeness (QED) is 0.768. The smallest absolute Gasteiger partial charge is 0.147 e. The summed E-state index contributed by atoms with van der Waals surface area (Å²) < 4.78 is 5.74. The maximum Gasteiger partial charge on any atom is 0.147 e. The molecule has 0 unspecified atom stereocenters. The Balaban J connectivity index is 1.59. The molecule has 0 bridgehead atoms. The SMILES string of the molecule is c1ccc(Oc2ccc(NCc3ncccn3)cc2)cc1. The number of benzene rings is 2. The lowest BCUT2D eigenvalue weighted by molar-refractivity contribution is 0.483. The molecule has 0 spiro atoms. The van der Waals surface area contributed by atoms with Crippen molar-refractivity contribution in [2.24, 2.45) is 0 Å². The second kappa shape index (κ2) is 6.52. The second-order valence-corrected chi connectivity index (χ2v) is 4.46. The average molecular weight is 277 g/mol. The molecule has 0 fully saturated rings. The van der Waals surface area contributed by atoms with Crippen LogP contribution in [0.15, 0.2) is 73.1 Å². The molecule has 1 N–H and O–H groups in total. The number of anilines is 1. The molecular formula is C17H15N3O. The van der Waals surface area contributed by atoms with Crippen LogP contribution < -0.4 is 10.1 Å². The number of nitrogens with one attached hydrogen (secondary N) is 1. The highest BCUT2D eigenvalue weighted by Crippen LogP contribution is 2.22. The monoisotopic (exact) mass is 277 g/mol. The van der Waals surface area contributed by atoms with Crippen molar-refractivity contribution >= 4 is 5.69 Å². The lowest BCUT2D eigenvalue weighted by Crippen LogP contribution is -2.03. The average Bonchev–Trinajstić information content (AvgIpc) is 2.56. The van der Waals surface area contributed by atoms with Gasteiger partial charge in [-0.2, -0.15) is 0 Å². The van der Waals surface area contributed by atoms with Crippen LogP contribution in [0.2, 0.25) is 0 Å². The van der Waals surface area contributed by atoms with Crippen LogP contribution in [0.25, 0.3) is 0 Å². The molecule has 0 amide bonds. The fraction of sp³-hybridized carbons (Fsp3) is 0.0588. The van der Waals surface area contributed by atoms with Crippen LogP contribution in [0.4, 0.5) is 5.69 Å². The van der Waals surface area contributed by atoms with E-state index in [1.54, 1.807) is 18.5 Å². The van der Waals surface area contributed by atoms with Gasteiger partial charge in [0, 0.05) is 18.1 Å². The zero-order chi connectivity index (χ0) is 14.3. The van der Waals surface area contributed by atoms with Gasteiger partial charge in [-0.1, -0.05) is 18.2 Å². The first-order valence-corrected chi connectivity index (χ1v) is 6.73. The Morgan fingerprint density at radius 3 is 2.14 bits per heavy atom. The van der Waals surface area contributed by atoms with Crippen molar-refractivity contribution in [3.05, 3.63) is 78.9 Å². The zero-order valence-electron chi connectivity index (χ0n) is 11.4. The summed E-state index contributed by atoms with van der Waals surface area (Å²) in [6.07, 6.45) is 3.47. The van der Waals surface area contributed by atoms with Gasteiger partial charge in [0.05, 0.1) is 6.54 Å². The van der Waals surface area contributed by atoms with Crippen LogP contribution in [-0.2, 0) is 6.54 Å². The molecule has 21 heavy (non-hydrogen) atoms. The van der Waals surface area contributed by atoms with Crippen molar-refractivity contribution < 1.29 is 4.74 Å². The van der Waals surface area contributed by atoms with E-state index >= 15 is 0 Å². The van der Waals surface area contributed by atoms with Gasteiger partial charge in [-0.05, 0) is 42.5 Å². The maximum absolute atomic E-state index is 5.74. The number of nitrogens with zero attached hydrogens (tertiary/aromatic N) is 2. The molecule has 4 heteroatoms. The largest absolute Gasteiger partial charge is 0.457 e. The molecule has 0 saturated carbocycles. The minimum absolute atomic E-state index is 0.597. The number of ether oxygens (including phenoxy) is 1. The van der Waals surface area contributed by atoms with Crippen LogP contribution in [0.5, 0.6) is 11.5 Å². The molecule has 1 heterocycles. The van der Waals surface area contributed by atoms with E-state index < -0.39 is 0 Å². The Morgan fingerprint density at radius 1 is 0.762 bits per heavy atom. The van der Waals surface area contributed by atoms with Gasteiger partial charge in [-0.15, -0.1) is 0 Å². The van der Waals surface area contributed by atoms with E-state index in [0.29, 0.717) is 6.54 Å². The van der Waals surface area contributed by atoms with E-state index in [2.05, 4.69) is 15.3 Å². The molecule has 3 aromatic rings. The minimum atomic E-state index is 0.597. The van der Waals surface area contributed by atoms with E-state index in [9.17, 15) is 0 Å². The minimum Gasteiger partial charge on any atom is -0.457 e. The second-order valence-electron chi connectivity index (χ2n) is 4.46. The molecule has 0 aliphatic carbocycles. The molecule has 0 atom stereocenters. The zero-order valence-corrected chi connectivity index (χ0v) is 11.4. The van der Waals surface area contributed by atoms with Crippen LogP contribution >= 0.6 is 0 Å². The summed E-state index contributed by atoms with van der Waals surface area (Å²) in [6, 6.07) is 19.3. The molecule has 0 aliphatic rings. The van der Waals surface area contributed by atoms with E-state index in [-0.39, 0.29) is 0 Å². The van der Waals surface area contributed by atoms with Gasteiger partial charge in [0.1, 0.15) is 17.3 Å². The van der Waals surface area contributed by atoms with Gasteiger partial charge in [0.25, 0.3) is 0 Å². The molecule has 2 aromatic carbocycles. The Morgan fingerprint density at radius 2 is 1.43 bits per heavy atom. The standard InChI is InChI=1S/C17H15N3O/c1-2-5-15(6-3-1)21-16-9-7-14(8-10-16)20-13-17-18-11-4-12-19-17/h1-12,20H,13H2. The lowest BCUT2D eigenvalue weighted by Gasteiger charge is -2.08. The van der Waals surface area contributed by atoms with Crippen LogP contribution in [-0.4, -0.2) is 9.97 Å².